The van der Waals surface area contributed by atoms with E-state index < -0.39 is 0 Å². The van der Waals surface area contributed by atoms with Gasteiger partial charge in [0.2, 0.25) is 5.89 Å². The molecule has 2 aliphatic rings. The lowest BCUT2D eigenvalue weighted by atomic mass is 9.94. The van der Waals surface area contributed by atoms with Crippen molar-refractivity contribution >= 4 is 0 Å². The summed E-state index contributed by atoms with van der Waals surface area (Å²) in [5.41, 5.74) is 7.17. The van der Waals surface area contributed by atoms with Gasteiger partial charge in [-0.1, -0.05) is 41.9 Å². The van der Waals surface area contributed by atoms with Gasteiger partial charge in [-0.2, -0.15) is 4.98 Å². The third-order valence-electron chi connectivity index (χ3n) is 5.23. The maximum Gasteiger partial charge on any atom is 0.230 e. The molecule has 1 aromatic carbocycles. The van der Waals surface area contributed by atoms with Crippen molar-refractivity contribution in [3.05, 3.63) is 47.6 Å². The van der Waals surface area contributed by atoms with Crippen molar-refractivity contribution in [1.29, 1.82) is 0 Å². The summed E-state index contributed by atoms with van der Waals surface area (Å²) in [6.07, 6.45) is 5.75. The minimum atomic E-state index is -0.000173. The van der Waals surface area contributed by atoms with Crippen LogP contribution >= 0.6 is 0 Å². The molecule has 0 amide bonds. The highest BCUT2D eigenvalue weighted by molar-refractivity contribution is 5.38. The van der Waals surface area contributed by atoms with Gasteiger partial charge in [0.25, 0.3) is 0 Å². The molecule has 0 bridgehead atoms. The summed E-state index contributed by atoms with van der Waals surface area (Å²) in [5.74, 6) is 2.54. The standard InChI is InChI=1S/C17H21N3O/c18-11-12-5-4-8-14(12)15-19-16(20-21-15)17(9-10-17)13-6-2-1-3-7-13/h1-3,6-7,12,14H,4-5,8-11,18H2. The van der Waals surface area contributed by atoms with E-state index in [0.29, 0.717) is 18.4 Å². The van der Waals surface area contributed by atoms with E-state index in [2.05, 4.69) is 29.4 Å². The number of nitrogens with zero attached hydrogens (tertiary/aromatic N) is 2. The topological polar surface area (TPSA) is 64.9 Å². The highest BCUT2D eigenvalue weighted by Crippen LogP contribution is 2.52. The molecule has 0 radical (unpaired) electrons. The maximum absolute atomic E-state index is 5.87. The third kappa shape index (κ3) is 2.09. The van der Waals surface area contributed by atoms with Crippen molar-refractivity contribution in [2.75, 3.05) is 6.54 Å². The fourth-order valence-corrected chi connectivity index (χ4v) is 3.75. The van der Waals surface area contributed by atoms with Crippen molar-refractivity contribution in [2.24, 2.45) is 11.7 Å². The molecular formula is C17H21N3O. The largest absolute Gasteiger partial charge is 0.339 e. The normalized spacial score (nSPS) is 26.9. The van der Waals surface area contributed by atoms with E-state index in [1.807, 2.05) is 6.07 Å². The first-order valence-electron chi connectivity index (χ1n) is 7.93. The maximum atomic E-state index is 5.87. The van der Waals surface area contributed by atoms with E-state index in [1.54, 1.807) is 0 Å². The second-order valence-corrected chi connectivity index (χ2v) is 6.44. The second-order valence-electron chi connectivity index (χ2n) is 6.44. The molecule has 0 spiro atoms. The van der Waals surface area contributed by atoms with Gasteiger partial charge in [0.05, 0.1) is 5.41 Å². The van der Waals surface area contributed by atoms with Gasteiger partial charge in [0, 0.05) is 5.92 Å². The van der Waals surface area contributed by atoms with Crippen LogP contribution in [-0.2, 0) is 5.41 Å². The predicted molar refractivity (Wildman–Crippen MR) is 79.9 cm³/mol. The van der Waals surface area contributed by atoms with Crippen LogP contribution in [0, 0.1) is 5.92 Å². The zero-order valence-corrected chi connectivity index (χ0v) is 12.2. The molecule has 110 valence electrons. The molecular weight excluding hydrogens is 262 g/mol. The van der Waals surface area contributed by atoms with Gasteiger partial charge >= 0.3 is 0 Å². The summed E-state index contributed by atoms with van der Waals surface area (Å²) in [5, 5.41) is 4.31. The van der Waals surface area contributed by atoms with Crippen molar-refractivity contribution in [1.82, 2.24) is 10.1 Å². The molecule has 2 saturated carbocycles. The van der Waals surface area contributed by atoms with Crippen LogP contribution in [0.1, 0.15) is 55.3 Å². The van der Waals surface area contributed by atoms with E-state index in [4.69, 9.17) is 15.2 Å². The Morgan fingerprint density at radius 3 is 2.71 bits per heavy atom. The highest BCUT2D eigenvalue weighted by atomic mass is 16.5. The lowest BCUT2D eigenvalue weighted by Gasteiger charge is -2.13. The molecule has 2 unspecified atom stereocenters. The monoisotopic (exact) mass is 283 g/mol. The van der Waals surface area contributed by atoms with E-state index >= 15 is 0 Å². The van der Waals surface area contributed by atoms with Gasteiger partial charge in [-0.05, 0) is 43.7 Å². The molecule has 1 aromatic heterocycles. The Morgan fingerprint density at radius 1 is 1.19 bits per heavy atom. The number of rotatable bonds is 4. The Bertz CT molecular complexity index is 618. The molecule has 0 saturated heterocycles. The molecule has 2 fully saturated rings. The second kappa shape index (κ2) is 4.95. The van der Waals surface area contributed by atoms with Gasteiger partial charge in [-0.25, -0.2) is 0 Å². The molecule has 4 heteroatoms. The van der Waals surface area contributed by atoms with E-state index in [1.165, 1.54) is 18.4 Å². The predicted octanol–water partition coefficient (Wildman–Crippen LogP) is 2.99. The van der Waals surface area contributed by atoms with Gasteiger partial charge in [-0.3, -0.25) is 0 Å². The summed E-state index contributed by atoms with van der Waals surface area (Å²) >= 11 is 0. The number of hydrogen-bond acceptors (Lipinski definition) is 4. The van der Waals surface area contributed by atoms with E-state index in [9.17, 15) is 0 Å². The summed E-state index contributed by atoms with van der Waals surface area (Å²) in [6, 6.07) is 10.5. The third-order valence-corrected chi connectivity index (χ3v) is 5.23. The fourth-order valence-electron chi connectivity index (χ4n) is 3.75. The van der Waals surface area contributed by atoms with Gasteiger partial charge in [-0.15, -0.1) is 0 Å². The summed E-state index contributed by atoms with van der Waals surface area (Å²) in [4.78, 5) is 4.77. The average molecular weight is 283 g/mol. The summed E-state index contributed by atoms with van der Waals surface area (Å²) in [6.45, 7) is 0.714. The first-order chi connectivity index (χ1) is 10.3. The van der Waals surface area contributed by atoms with Gasteiger partial charge in [0.1, 0.15) is 0 Å². The summed E-state index contributed by atoms with van der Waals surface area (Å²) < 4.78 is 5.61. The Labute approximate surface area is 124 Å². The summed E-state index contributed by atoms with van der Waals surface area (Å²) in [7, 11) is 0. The molecule has 21 heavy (non-hydrogen) atoms. The zero-order chi connectivity index (χ0) is 14.3. The smallest absolute Gasteiger partial charge is 0.230 e. The Kier molecular flexibility index (Phi) is 3.07. The molecule has 2 aromatic rings. The molecule has 2 atom stereocenters. The zero-order valence-electron chi connectivity index (χ0n) is 12.2. The van der Waals surface area contributed by atoms with Crippen molar-refractivity contribution < 1.29 is 4.52 Å². The molecule has 4 nitrogen and oxygen atoms in total. The minimum absolute atomic E-state index is 0.000173. The van der Waals surface area contributed by atoms with Crippen LogP contribution in [0.2, 0.25) is 0 Å². The Balaban J connectivity index is 1.63. The molecule has 4 rings (SSSR count). The highest BCUT2D eigenvalue weighted by Gasteiger charge is 2.50. The van der Waals surface area contributed by atoms with Crippen molar-refractivity contribution in [3.63, 3.8) is 0 Å². The van der Waals surface area contributed by atoms with Crippen LogP contribution < -0.4 is 5.73 Å². The van der Waals surface area contributed by atoms with Crippen LogP contribution in [0.25, 0.3) is 0 Å². The fraction of sp³-hybridized carbons (Fsp3) is 0.529. The van der Waals surface area contributed by atoms with Crippen LogP contribution in [0.5, 0.6) is 0 Å². The minimum Gasteiger partial charge on any atom is -0.339 e. The van der Waals surface area contributed by atoms with Crippen molar-refractivity contribution in [3.8, 4) is 0 Å². The lowest BCUT2D eigenvalue weighted by Crippen LogP contribution is -2.17. The quantitative estimate of drug-likeness (QED) is 0.936. The van der Waals surface area contributed by atoms with E-state index in [-0.39, 0.29) is 5.41 Å². The van der Waals surface area contributed by atoms with Gasteiger partial charge < -0.3 is 10.3 Å². The average Bonchev–Trinajstić information content (AvgIpc) is 2.99. The van der Waals surface area contributed by atoms with Gasteiger partial charge in [0.15, 0.2) is 5.82 Å². The molecule has 0 aliphatic heterocycles. The number of nitrogens with two attached hydrogens (primary N) is 1. The first kappa shape index (κ1) is 13.0. The van der Waals surface area contributed by atoms with Crippen LogP contribution in [-0.4, -0.2) is 16.7 Å². The lowest BCUT2D eigenvalue weighted by molar-refractivity contribution is 0.322. The van der Waals surface area contributed by atoms with Crippen LogP contribution in [0.3, 0.4) is 0 Å². The Morgan fingerprint density at radius 2 is 2.00 bits per heavy atom. The molecule has 2 aliphatic carbocycles. The Hall–Kier alpha value is -1.68. The van der Waals surface area contributed by atoms with Crippen LogP contribution in [0.15, 0.2) is 34.9 Å². The number of hydrogen-bond donors (Lipinski definition) is 1. The molecule has 1 heterocycles. The SMILES string of the molecule is NCC1CCCC1c1nc(C2(c3ccccc3)CC2)no1. The van der Waals surface area contributed by atoms with E-state index in [0.717, 1.165) is 31.0 Å². The number of aromatic nitrogens is 2. The first-order valence-corrected chi connectivity index (χ1v) is 7.93. The van der Waals surface area contributed by atoms with Crippen molar-refractivity contribution in [2.45, 2.75) is 43.4 Å². The van der Waals surface area contributed by atoms with Crippen LogP contribution in [0.4, 0.5) is 0 Å². The number of benzene rings is 1. The molecule has 2 N–H and O–H groups in total.